The van der Waals surface area contributed by atoms with E-state index >= 15 is 0 Å². The Hall–Kier alpha value is -2.26. The second kappa shape index (κ2) is 7.54. The lowest BCUT2D eigenvalue weighted by Gasteiger charge is -2.11. The number of esters is 1. The molecule has 0 aliphatic heterocycles. The summed E-state index contributed by atoms with van der Waals surface area (Å²) in [6.07, 6.45) is -5.08. The third kappa shape index (κ3) is 3.98. The van der Waals surface area contributed by atoms with Gasteiger partial charge in [-0.3, -0.25) is 9.36 Å². The van der Waals surface area contributed by atoms with Crippen molar-refractivity contribution in [3.63, 3.8) is 0 Å². The van der Waals surface area contributed by atoms with Crippen LogP contribution in [0.3, 0.4) is 0 Å². The summed E-state index contributed by atoms with van der Waals surface area (Å²) < 4.78 is 31.4. The first-order valence-electron chi connectivity index (χ1n) is 6.80. The van der Waals surface area contributed by atoms with E-state index in [1.807, 2.05) is 0 Å². The highest BCUT2D eigenvalue weighted by atomic mass is 35.5. The van der Waals surface area contributed by atoms with Crippen LogP contribution in [0.5, 0.6) is 0 Å². The molecule has 0 saturated heterocycles. The molecule has 0 saturated carbocycles. The molecular formula is C14H14ClF2N3O4. The Bertz CT molecular complexity index is 773. The minimum absolute atomic E-state index is 0.0280. The second-order valence-corrected chi connectivity index (χ2v) is 5.30. The van der Waals surface area contributed by atoms with Gasteiger partial charge in [-0.1, -0.05) is 11.6 Å². The summed E-state index contributed by atoms with van der Waals surface area (Å²) in [6.45, 7) is -1.15. The number of alkyl halides is 2. The van der Waals surface area contributed by atoms with Crippen molar-refractivity contribution in [1.29, 1.82) is 0 Å². The Kier molecular flexibility index (Phi) is 5.68. The number of ether oxygens (including phenoxy) is 1. The Balaban J connectivity index is 2.50. The third-order valence-corrected chi connectivity index (χ3v) is 3.44. The van der Waals surface area contributed by atoms with Crippen LogP contribution in [-0.2, 0) is 22.6 Å². The van der Waals surface area contributed by atoms with Gasteiger partial charge in [0.05, 0.1) is 13.7 Å². The van der Waals surface area contributed by atoms with Gasteiger partial charge in [0.1, 0.15) is 12.6 Å². The largest absolute Gasteiger partial charge is 0.468 e. The first-order chi connectivity index (χ1) is 11.3. The van der Waals surface area contributed by atoms with Crippen molar-refractivity contribution in [3.05, 3.63) is 39.8 Å². The number of aliphatic hydroxyl groups is 1. The zero-order valence-corrected chi connectivity index (χ0v) is 13.3. The van der Waals surface area contributed by atoms with Gasteiger partial charge < -0.3 is 9.84 Å². The van der Waals surface area contributed by atoms with Crippen LogP contribution in [-0.4, -0.2) is 45.1 Å². The van der Waals surface area contributed by atoms with Crippen LogP contribution < -0.4 is 5.69 Å². The summed E-state index contributed by atoms with van der Waals surface area (Å²) in [5, 5.41) is 13.8. The molecule has 0 aliphatic carbocycles. The number of hydrogen-bond donors (Lipinski definition) is 1. The minimum Gasteiger partial charge on any atom is -0.468 e. The van der Waals surface area contributed by atoms with Gasteiger partial charge >= 0.3 is 11.7 Å². The maximum atomic E-state index is 12.6. The van der Waals surface area contributed by atoms with Crippen LogP contribution in [0.4, 0.5) is 8.78 Å². The lowest BCUT2D eigenvalue weighted by atomic mass is 10.2. The zero-order chi connectivity index (χ0) is 17.9. The average molecular weight is 362 g/mol. The van der Waals surface area contributed by atoms with Crippen molar-refractivity contribution in [1.82, 2.24) is 14.3 Å². The van der Waals surface area contributed by atoms with E-state index in [1.165, 1.54) is 24.3 Å². The number of halogens is 3. The molecule has 2 aromatic rings. The molecule has 24 heavy (non-hydrogen) atoms. The molecule has 0 amide bonds. The Morgan fingerprint density at radius 3 is 2.54 bits per heavy atom. The molecule has 1 aromatic carbocycles. The number of aromatic nitrogens is 3. The van der Waals surface area contributed by atoms with E-state index in [0.29, 0.717) is 10.6 Å². The first kappa shape index (κ1) is 18.1. The molecule has 0 spiro atoms. The van der Waals surface area contributed by atoms with Crippen molar-refractivity contribution in [3.8, 4) is 11.4 Å². The van der Waals surface area contributed by atoms with Gasteiger partial charge in [0.2, 0.25) is 0 Å². The SMILES string of the molecule is COC(=O)Cn1nc(-c2ccc(Cl)cc2)n(CC(O)C(F)F)c1=O. The lowest BCUT2D eigenvalue weighted by Crippen LogP contribution is -2.33. The van der Waals surface area contributed by atoms with Gasteiger partial charge in [-0.15, -0.1) is 5.10 Å². The number of nitrogens with zero attached hydrogens (tertiary/aromatic N) is 3. The second-order valence-electron chi connectivity index (χ2n) is 4.86. The fourth-order valence-electron chi connectivity index (χ4n) is 1.97. The van der Waals surface area contributed by atoms with Gasteiger partial charge in [-0.05, 0) is 24.3 Å². The van der Waals surface area contributed by atoms with E-state index in [4.69, 9.17) is 11.6 Å². The van der Waals surface area contributed by atoms with Crippen LogP contribution in [0.15, 0.2) is 29.1 Å². The highest BCUT2D eigenvalue weighted by Gasteiger charge is 2.23. The predicted octanol–water partition coefficient (Wildman–Crippen LogP) is 1.16. The van der Waals surface area contributed by atoms with Gasteiger partial charge in [0.25, 0.3) is 6.43 Å². The molecule has 0 fully saturated rings. The molecule has 1 N–H and O–H groups in total. The number of carbonyl (C=O) groups excluding carboxylic acids is 1. The normalized spacial score (nSPS) is 12.4. The first-order valence-corrected chi connectivity index (χ1v) is 7.18. The number of hydrogen-bond acceptors (Lipinski definition) is 5. The van der Waals surface area contributed by atoms with Gasteiger partial charge in [-0.2, -0.15) is 0 Å². The minimum atomic E-state index is -3.03. The average Bonchev–Trinajstić information content (AvgIpc) is 2.84. The summed E-state index contributed by atoms with van der Waals surface area (Å²) in [5.41, 5.74) is -0.397. The number of benzene rings is 1. The molecule has 0 bridgehead atoms. The highest BCUT2D eigenvalue weighted by molar-refractivity contribution is 6.30. The Morgan fingerprint density at radius 1 is 1.38 bits per heavy atom. The van der Waals surface area contributed by atoms with E-state index in [-0.39, 0.29) is 5.82 Å². The number of methoxy groups -OCH3 is 1. The van der Waals surface area contributed by atoms with Crippen molar-refractivity contribution >= 4 is 17.6 Å². The standard InChI is InChI=1S/C14H14ClF2N3O4/c1-24-11(22)7-20-14(23)19(6-10(21)12(16)17)13(18-20)8-2-4-9(15)5-3-8/h2-5,10,12,21H,6-7H2,1H3. The van der Waals surface area contributed by atoms with Crippen molar-refractivity contribution < 1.29 is 23.4 Å². The highest BCUT2D eigenvalue weighted by Crippen LogP contribution is 2.19. The van der Waals surface area contributed by atoms with Crippen LogP contribution in [0.25, 0.3) is 11.4 Å². The summed E-state index contributed by atoms with van der Waals surface area (Å²) in [6, 6.07) is 6.15. The molecule has 1 heterocycles. The third-order valence-electron chi connectivity index (χ3n) is 3.19. The lowest BCUT2D eigenvalue weighted by molar-refractivity contribution is -0.141. The van der Waals surface area contributed by atoms with Gasteiger partial charge in [0.15, 0.2) is 5.82 Å². The fourth-order valence-corrected chi connectivity index (χ4v) is 2.10. The molecule has 0 radical (unpaired) electrons. The zero-order valence-electron chi connectivity index (χ0n) is 12.5. The van der Waals surface area contributed by atoms with Gasteiger partial charge in [0, 0.05) is 10.6 Å². The topological polar surface area (TPSA) is 86.3 Å². The number of rotatable bonds is 6. The van der Waals surface area contributed by atoms with Crippen LogP contribution >= 0.6 is 11.6 Å². The molecule has 7 nitrogen and oxygen atoms in total. The van der Waals surface area contributed by atoms with Crippen molar-refractivity contribution in [2.75, 3.05) is 7.11 Å². The van der Waals surface area contributed by atoms with Crippen LogP contribution in [0.1, 0.15) is 0 Å². The Morgan fingerprint density at radius 2 is 2.00 bits per heavy atom. The van der Waals surface area contributed by atoms with E-state index in [2.05, 4.69) is 9.84 Å². The molecule has 130 valence electrons. The quantitative estimate of drug-likeness (QED) is 0.780. The summed E-state index contributed by atoms with van der Waals surface area (Å²) in [5.74, 6) is -0.695. The van der Waals surface area contributed by atoms with E-state index < -0.39 is 37.3 Å². The Labute approximate surface area is 140 Å². The summed E-state index contributed by atoms with van der Waals surface area (Å²) in [4.78, 5) is 23.7. The maximum absolute atomic E-state index is 12.6. The fraction of sp³-hybridized carbons (Fsp3) is 0.357. The van der Waals surface area contributed by atoms with E-state index in [1.54, 1.807) is 0 Å². The van der Waals surface area contributed by atoms with Crippen LogP contribution in [0, 0.1) is 0 Å². The maximum Gasteiger partial charge on any atom is 0.346 e. The summed E-state index contributed by atoms with van der Waals surface area (Å²) >= 11 is 5.79. The molecule has 2 rings (SSSR count). The van der Waals surface area contributed by atoms with Crippen molar-refractivity contribution in [2.45, 2.75) is 25.6 Å². The molecule has 10 heteroatoms. The van der Waals surface area contributed by atoms with Gasteiger partial charge in [-0.25, -0.2) is 18.3 Å². The molecule has 0 aliphatic rings. The molecular weight excluding hydrogens is 348 g/mol. The van der Waals surface area contributed by atoms with Crippen molar-refractivity contribution in [2.24, 2.45) is 0 Å². The monoisotopic (exact) mass is 361 g/mol. The summed E-state index contributed by atoms with van der Waals surface area (Å²) in [7, 11) is 1.14. The number of aliphatic hydroxyl groups excluding tert-OH is 1. The van der Waals surface area contributed by atoms with E-state index in [9.17, 15) is 23.5 Å². The molecule has 1 atom stereocenters. The van der Waals surface area contributed by atoms with Crippen LogP contribution in [0.2, 0.25) is 5.02 Å². The number of carbonyl (C=O) groups is 1. The predicted molar refractivity (Wildman–Crippen MR) is 81.0 cm³/mol. The smallest absolute Gasteiger partial charge is 0.346 e. The van der Waals surface area contributed by atoms with E-state index in [0.717, 1.165) is 16.4 Å². The molecule has 1 unspecified atom stereocenters. The molecule has 1 aromatic heterocycles.